The van der Waals surface area contributed by atoms with Gasteiger partial charge in [0.05, 0.1) is 5.56 Å². The van der Waals surface area contributed by atoms with Crippen molar-refractivity contribution in [1.82, 2.24) is 4.90 Å². The average molecular weight is 436 g/mol. The van der Waals surface area contributed by atoms with Crippen LogP contribution in [0.5, 0.6) is 5.75 Å². The summed E-state index contributed by atoms with van der Waals surface area (Å²) in [5.74, 6) is -0.899. The van der Waals surface area contributed by atoms with E-state index in [-0.39, 0.29) is 17.2 Å². The number of aromatic hydroxyl groups is 1. The Morgan fingerprint density at radius 2 is 1.84 bits per heavy atom. The first-order valence-corrected chi connectivity index (χ1v) is 11.1. The number of nitrogens with one attached hydrogen (secondary N) is 1. The van der Waals surface area contributed by atoms with Crippen LogP contribution in [0.3, 0.4) is 0 Å². The second-order valence-electron chi connectivity index (χ2n) is 7.74. The fraction of sp³-hybridized carbons (Fsp3) is 0.250. The van der Waals surface area contributed by atoms with Gasteiger partial charge in [0, 0.05) is 27.8 Å². The number of anilines is 1. The van der Waals surface area contributed by atoms with Crippen LogP contribution >= 0.6 is 11.3 Å². The van der Waals surface area contributed by atoms with Gasteiger partial charge in [-0.25, -0.2) is 0 Å². The summed E-state index contributed by atoms with van der Waals surface area (Å²) < 4.78 is 0.649. The van der Waals surface area contributed by atoms with Gasteiger partial charge < -0.3 is 16.2 Å². The molecule has 7 heteroatoms. The quantitative estimate of drug-likeness (QED) is 0.528. The molecule has 0 radical (unpaired) electrons. The lowest BCUT2D eigenvalue weighted by Gasteiger charge is -2.26. The minimum Gasteiger partial charge on any atom is -0.507 e. The summed E-state index contributed by atoms with van der Waals surface area (Å²) in [6.45, 7) is 6.85. The maximum absolute atomic E-state index is 12.9. The first kappa shape index (κ1) is 21.1. The largest absolute Gasteiger partial charge is 0.507 e. The highest BCUT2D eigenvalue weighted by Gasteiger charge is 2.21. The molecule has 0 bridgehead atoms. The van der Waals surface area contributed by atoms with Gasteiger partial charge in [0.2, 0.25) is 0 Å². The van der Waals surface area contributed by atoms with Gasteiger partial charge in [-0.2, -0.15) is 0 Å². The molecule has 2 aromatic carbocycles. The highest BCUT2D eigenvalue weighted by Crippen LogP contribution is 2.41. The van der Waals surface area contributed by atoms with E-state index in [9.17, 15) is 14.7 Å². The van der Waals surface area contributed by atoms with E-state index in [0.717, 1.165) is 19.6 Å². The molecule has 160 valence electrons. The monoisotopic (exact) mass is 435 g/mol. The minimum absolute atomic E-state index is 0.0574. The van der Waals surface area contributed by atoms with Gasteiger partial charge in [-0.1, -0.05) is 31.2 Å². The van der Waals surface area contributed by atoms with Crippen LogP contribution in [0.1, 0.15) is 51.1 Å². The van der Waals surface area contributed by atoms with Crippen LogP contribution in [-0.4, -0.2) is 34.9 Å². The maximum atomic E-state index is 12.9. The zero-order valence-electron chi connectivity index (χ0n) is 17.2. The van der Waals surface area contributed by atoms with Crippen molar-refractivity contribution in [2.24, 2.45) is 5.73 Å². The number of hydrogen-bond donors (Lipinski definition) is 3. The molecule has 0 spiro atoms. The number of fused-ring (bicyclic) bond motifs is 1. The van der Waals surface area contributed by atoms with Crippen molar-refractivity contribution in [2.45, 2.75) is 25.8 Å². The molecule has 0 saturated carbocycles. The molecule has 6 nitrogen and oxygen atoms in total. The smallest absolute Gasteiger partial charge is 0.256 e. The maximum Gasteiger partial charge on any atom is 0.256 e. The van der Waals surface area contributed by atoms with Crippen molar-refractivity contribution in [3.05, 3.63) is 65.2 Å². The number of piperidine rings is 1. The van der Waals surface area contributed by atoms with Crippen LogP contribution in [-0.2, 0) is 6.54 Å². The SMILES string of the molecule is C=Cc1c(O)ccc2c(C(N)=O)c(NC(=O)c3ccc(CN4CCCCC4)cc3)sc12. The van der Waals surface area contributed by atoms with Gasteiger partial charge in [-0.05, 0) is 55.8 Å². The van der Waals surface area contributed by atoms with E-state index in [1.54, 1.807) is 18.2 Å². The van der Waals surface area contributed by atoms with Crippen LogP contribution in [0.2, 0.25) is 0 Å². The third kappa shape index (κ3) is 4.33. The third-order valence-electron chi connectivity index (χ3n) is 5.62. The van der Waals surface area contributed by atoms with E-state index in [4.69, 9.17) is 5.73 Å². The number of rotatable bonds is 6. The lowest BCUT2D eigenvalue weighted by Crippen LogP contribution is -2.29. The molecule has 1 saturated heterocycles. The Kier molecular flexibility index (Phi) is 6.06. The van der Waals surface area contributed by atoms with Gasteiger partial charge in [-0.15, -0.1) is 11.3 Å². The fourth-order valence-electron chi connectivity index (χ4n) is 4.01. The van der Waals surface area contributed by atoms with Crippen molar-refractivity contribution < 1.29 is 14.7 Å². The van der Waals surface area contributed by atoms with E-state index in [0.29, 0.717) is 26.2 Å². The van der Waals surface area contributed by atoms with Crippen molar-refractivity contribution >= 4 is 44.3 Å². The lowest BCUT2D eigenvalue weighted by atomic mass is 10.1. The predicted octanol–water partition coefficient (Wildman–Crippen LogP) is 4.59. The van der Waals surface area contributed by atoms with E-state index >= 15 is 0 Å². The molecule has 4 N–H and O–H groups in total. The molecule has 0 atom stereocenters. The first-order chi connectivity index (χ1) is 15.0. The summed E-state index contributed by atoms with van der Waals surface area (Å²) >= 11 is 1.20. The Hall–Kier alpha value is -3.16. The molecule has 1 aromatic heterocycles. The number of phenolic OH excluding ortho intramolecular Hbond substituents is 1. The molecule has 3 aromatic rings. The van der Waals surface area contributed by atoms with Gasteiger partial charge in [0.25, 0.3) is 11.8 Å². The number of phenols is 1. The summed E-state index contributed by atoms with van der Waals surface area (Å²) in [6.07, 6.45) is 5.30. The number of hydrogen-bond acceptors (Lipinski definition) is 5. The lowest BCUT2D eigenvalue weighted by molar-refractivity contribution is 0.100. The Balaban J connectivity index is 1.57. The normalized spacial score (nSPS) is 14.5. The summed E-state index contributed by atoms with van der Waals surface area (Å²) in [7, 11) is 0. The summed E-state index contributed by atoms with van der Waals surface area (Å²) in [4.78, 5) is 27.4. The molecule has 4 rings (SSSR count). The van der Waals surface area contributed by atoms with Gasteiger partial charge >= 0.3 is 0 Å². The zero-order chi connectivity index (χ0) is 22.0. The molecule has 2 amide bonds. The Bertz CT molecular complexity index is 1150. The van der Waals surface area contributed by atoms with Crippen molar-refractivity contribution in [2.75, 3.05) is 18.4 Å². The van der Waals surface area contributed by atoms with E-state index in [1.165, 1.54) is 48.3 Å². The molecule has 1 fully saturated rings. The zero-order valence-corrected chi connectivity index (χ0v) is 18.0. The first-order valence-electron chi connectivity index (χ1n) is 10.3. The Morgan fingerprint density at radius 3 is 2.48 bits per heavy atom. The van der Waals surface area contributed by atoms with Crippen LogP contribution in [0.4, 0.5) is 5.00 Å². The molecule has 31 heavy (non-hydrogen) atoms. The number of thiophene rings is 1. The van der Waals surface area contributed by atoms with Crippen LogP contribution in [0, 0.1) is 0 Å². The summed E-state index contributed by atoms with van der Waals surface area (Å²) in [5.41, 5.74) is 8.02. The topological polar surface area (TPSA) is 95.7 Å². The van der Waals surface area contributed by atoms with E-state index in [1.807, 2.05) is 12.1 Å². The Morgan fingerprint density at radius 1 is 1.13 bits per heavy atom. The van der Waals surface area contributed by atoms with Gasteiger partial charge in [0.15, 0.2) is 0 Å². The standard InChI is InChI=1S/C24H25N3O3S/c1-2-17-19(28)11-10-18-20(22(25)29)24(31-21(17)18)26-23(30)16-8-6-15(7-9-16)14-27-12-4-3-5-13-27/h2,6-11,28H,1,3-5,12-14H2,(H2,25,29)(H,26,30). The number of carbonyl (C=O) groups excluding carboxylic acids is 2. The van der Waals surface area contributed by atoms with E-state index in [2.05, 4.69) is 16.8 Å². The highest BCUT2D eigenvalue weighted by atomic mass is 32.1. The number of amides is 2. The van der Waals surface area contributed by atoms with Crippen LogP contribution in [0.25, 0.3) is 16.2 Å². The number of nitrogens with two attached hydrogens (primary N) is 1. The van der Waals surface area contributed by atoms with E-state index < -0.39 is 5.91 Å². The number of nitrogens with zero attached hydrogens (tertiary/aromatic N) is 1. The summed E-state index contributed by atoms with van der Waals surface area (Å²) in [5, 5.41) is 13.8. The highest BCUT2D eigenvalue weighted by molar-refractivity contribution is 7.23. The number of primary amides is 1. The van der Waals surface area contributed by atoms with Gasteiger partial charge in [-0.3, -0.25) is 14.5 Å². The number of carbonyl (C=O) groups is 2. The minimum atomic E-state index is -0.640. The predicted molar refractivity (Wildman–Crippen MR) is 126 cm³/mol. The number of benzene rings is 2. The molecule has 1 aliphatic heterocycles. The van der Waals surface area contributed by atoms with Crippen molar-refractivity contribution in [1.29, 1.82) is 0 Å². The summed E-state index contributed by atoms with van der Waals surface area (Å²) in [6, 6.07) is 10.7. The fourth-order valence-corrected chi connectivity index (χ4v) is 5.25. The molecule has 2 heterocycles. The third-order valence-corrected chi connectivity index (χ3v) is 6.78. The van der Waals surface area contributed by atoms with Gasteiger partial charge in [0.1, 0.15) is 10.8 Å². The number of likely N-dealkylation sites (tertiary alicyclic amines) is 1. The van der Waals surface area contributed by atoms with Crippen LogP contribution in [0.15, 0.2) is 43.0 Å². The molecule has 0 aliphatic carbocycles. The average Bonchev–Trinajstić information content (AvgIpc) is 3.13. The van der Waals surface area contributed by atoms with Crippen molar-refractivity contribution in [3.63, 3.8) is 0 Å². The molecular formula is C24H25N3O3S. The van der Waals surface area contributed by atoms with Crippen molar-refractivity contribution in [3.8, 4) is 5.75 Å². The molecule has 1 aliphatic rings. The second kappa shape index (κ2) is 8.91. The molecular weight excluding hydrogens is 410 g/mol. The second-order valence-corrected chi connectivity index (χ2v) is 8.76. The Labute approximate surface area is 185 Å². The van der Waals surface area contributed by atoms with Crippen LogP contribution < -0.4 is 11.1 Å². The molecule has 0 unspecified atom stereocenters.